The molecule has 0 aliphatic carbocycles. The molecule has 4 heteroatoms. The lowest BCUT2D eigenvalue weighted by atomic mass is 10.2. The third-order valence-electron chi connectivity index (χ3n) is 1.33. The summed E-state index contributed by atoms with van der Waals surface area (Å²) in [7, 11) is 0. The van der Waals surface area contributed by atoms with Crippen LogP contribution < -0.4 is 0 Å². The molecule has 0 fully saturated rings. The first-order valence-corrected chi connectivity index (χ1v) is 7.76. The molecule has 0 aromatic heterocycles. The number of hydrogen-bond acceptors (Lipinski definition) is 3. The standard InChI is InChI=1S/C7H18O2PS/c1-3-4-5-6-7-11-10(2,8)9/h8-9H,3-7H2,1-2H3/q+1. The molecule has 2 N–H and O–H groups in total. The van der Waals surface area contributed by atoms with Gasteiger partial charge in [-0.05, 0) is 6.42 Å². The highest BCUT2D eigenvalue weighted by Crippen LogP contribution is 2.59. The Morgan fingerprint density at radius 3 is 2.27 bits per heavy atom. The van der Waals surface area contributed by atoms with Crippen molar-refractivity contribution in [2.24, 2.45) is 0 Å². The molecule has 0 heterocycles. The molecule has 0 unspecified atom stereocenters. The second kappa shape index (κ2) is 6.24. The van der Waals surface area contributed by atoms with Gasteiger partial charge in [-0.2, -0.15) is 0 Å². The van der Waals surface area contributed by atoms with E-state index in [0.29, 0.717) is 0 Å². The van der Waals surface area contributed by atoms with E-state index in [9.17, 15) is 0 Å². The van der Waals surface area contributed by atoms with Crippen LogP contribution in [0.3, 0.4) is 0 Å². The summed E-state index contributed by atoms with van der Waals surface area (Å²) in [6.45, 7) is 1.13. The van der Waals surface area contributed by atoms with Gasteiger partial charge in [-0.15, -0.1) is 0 Å². The first-order chi connectivity index (χ1) is 5.06. The van der Waals surface area contributed by atoms with Crippen molar-refractivity contribution in [1.82, 2.24) is 0 Å². The Balaban J connectivity index is 3.02. The largest absolute Gasteiger partial charge is 0.323 e. The fourth-order valence-corrected chi connectivity index (χ4v) is 2.87. The van der Waals surface area contributed by atoms with Gasteiger partial charge in [0.2, 0.25) is 0 Å². The molecule has 0 saturated heterocycles. The minimum absolute atomic E-state index is 0.886. The van der Waals surface area contributed by atoms with E-state index in [4.69, 9.17) is 9.79 Å². The van der Waals surface area contributed by atoms with Gasteiger partial charge in [-0.1, -0.05) is 26.2 Å². The highest BCUT2D eigenvalue weighted by Gasteiger charge is 2.25. The predicted octanol–water partition coefficient (Wildman–Crippen LogP) is 2.68. The molecule has 0 atom stereocenters. The second-order valence-corrected chi connectivity index (χ2v) is 7.92. The van der Waals surface area contributed by atoms with Crippen LogP contribution in [0.25, 0.3) is 0 Å². The highest BCUT2D eigenvalue weighted by atomic mass is 32.7. The fourth-order valence-electron chi connectivity index (χ4n) is 0.766. The van der Waals surface area contributed by atoms with Crippen molar-refractivity contribution in [3.63, 3.8) is 0 Å². The maximum atomic E-state index is 9.00. The van der Waals surface area contributed by atoms with E-state index in [1.54, 1.807) is 0 Å². The molecule has 0 aliphatic rings. The lowest BCUT2D eigenvalue weighted by Gasteiger charge is -2.03. The van der Waals surface area contributed by atoms with Gasteiger partial charge in [0.05, 0.1) is 11.4 Å². The Morgan fingerprint density at radius 2 is 1.82 bits per heavy atom. The first kappa shape index (κ1) is 11.7. The van der Waals surface area contributed by atoms with Crippen molar-refractivity contribution < 1.29 is 9.79 Å². The summed E-state index contributed by atoms with van der Waals surface area (Å²) in [5, 5.41) is 0. The van der Waals surface area contributed by atoms with E-state index < -0.39 is 6.92 Å². The van der Waals surface area contributed by atoms with E-state index in [2.05, 4.69) is 6.92 Å². The summed E-state index contributed by atoms with van der Waals surface area (Å²) in [6, 6.07) is 0. The average Bonchev–Trinajstić information content (AvgIpc) is 1.85. The maximum absolute atomic E-state index is 9.00. The van der Waals surface area contributed by atoms with Gasteiger partial charge in [0.1, 0.15) is 6.66 Å². The smallest absolute Gasteiger partial charge is 0.208 e. The summed E-state index contributed by atoms with van der Waals surface area (Å²) in [5.74, 6) is 0.886. The van der Waals surface area contributed by atoms with E-state index in [0.717, 1.165) is 12.2 Å². The summed E-state index contributed by atoms with van der Waals surface area (Å²) >= 11 is 1.31. The van der Waals surface area contributed by atoms with Crippen molar-refractivity contribution in [2.45, 2.75) is 32.6 Å². The van der Waals surface area contributed by atoms with Gasteiger partial charge in [0, 0.05) is 5.75 Å². The molecule has 68 valence electrons. The van der Waals surface area contributed by atoms with Gasteiger partial charge in [0.15, 0.2) is 0 Å². The van der Waals surface area contributed by atoms with Crippen LogP contribution in [0.15, 0.2) is 0 Å². The quantitative estimate of drug-likeness (QED) is 0.508. The van der Waals surface area contributed by atoms with Gasteiger partial charge in [-0.3, -0.25) is 0 Å². The van der Waals surface area contributed by atoms with Crippen LogP contribution in [0, 0.1) is 0 Å². The summed E-state index contributed by atoms with van der Waals surface area (Å²) in [5.41, 5.74) is 0. The molecule has 2 nitrogen and oxygen atoms in total. The lowest BCUT2D eigenvalue weighted by molar-refractivity contribution is 0.483. The van der Waals surface area contributed by atoms with Crippen molar-refractivity contribution >= 4 is 18.3 Å². The van der Waals surface area contributed by atoms with E-state index in [1.165, 1.54) is 37.3 Å². The SMILES string of the molecule is CCCCCCS[P+](C)(O)O. The Labute approximate surface area is 73.6 Å². The van der Waals surface area contributed by atoms with Gasteiger partial charge in [-0.25, -0.2) is 9.79 Å². The lowest BCUT2D eigenvalue weighted by Crippen LogP contribution is -1.84. The van der Waals surface area contributed by atoms with Crippen LogP contribution in [0.1, 0.15) is 32.6 Å². The normalized spacial score (nSPS) is 12.0. The molecule has 0 aromatic rings. The first-order valence-electron chi connectivity index (χ1n) is 4.03. The maximum Gasteiger partial charge on any atom is 0.323 e. The van der Waals surface area contributed by atoms with E-state index >= 15 is 0 Å². The van der Waals surface area contributed by atoms with Crippen LogP contribution >= 0.6 is 18.3 Å². The average molecular weight is 197 g/mol. The van der Waals surface area contributed by atoms with Crippen molar-refractivity contribution in [3.05, 3.63) is 0 Å². The van der Waals surface area contributed by atoms with Crippen LogP contribution in [-0.4, -0.2) is 22.2 Å². The van der Waals surface area contributed by atoms with Crippen molar-refractivity contribution in [2.75, 3.05) is 12.4 Å². The number of unbranched alkanes of at least 4 members (excludes halogenated alkanes) is 3. The van der Waals surface area contributed by atoms with Crippen LogP contribution in [0.5, 0.6) is 0 Å². The second-order valence-electron chi connectivity index (χ2n) is 2.73. The minimum atomic E-state index is -2.55. The third-order valence-corrected chi connectivity index (χ3v) is 4.31. The molecule has 0 aliphatic heterocycles. The molecule has 0 rings (SSSR count). The summed E-state index contributed by atoms with van der Waals surface area (Å²) in [4.78, 5) is 18.0. The Morgan fingerprint density at radius 1 is 1.18 bits per heavy atom. The summed E-state index contributed by atoms with van der Waals surface area (Å²) < 4.78 is 0. The summed E-state index contributed by atoms with van der Waals surface area (Å²) in [6.07, 6.45) is 4.81. The van der Waals surface area contributed by atoms with Crippen molar-refractivity contribution in [1.29, 1.82) is 0 Å². The molecule has 0 amide bonds. The van der Waals surface area contributed by atoms with Gasteiger partial charge < -0.3 is 0 Å². The van der Waals surface area contributed by atoms with Crippen LogP contribution in [0.4, 0.5) is 0 Å². The molecule has 0 aromatic carbocycles. The minimum Gasteiger partial charge on any atom is -0.208 e. The van der Waals surface area contributed by atoms with E-state index in [1.807, 2.05) is 0 Å². The monoisotopic (exact) mass is 197 g/mol. The molecular weight excluding hydrogens is 179 g/mol. The molecular formula is C7H18O2PS+. The van der Waals surface area contributed by atoms with E-state index in [-0.39, 0.29) is 0 Å². The van der Waals surface area contributed by atoms with Crippen LogP contribution in [0.2, 0.25) is 0 Å². The Hall–Kier alpha value is 0.700. The Bertz CT molecular complexity index is 92.9. The van der Waals surface area contributed by atoms with Crippen molar-refractivity contribution in [3.8, 4) is 0 Å². The zero-order valence-electron chi connectivity index (χ0n) is 7.29. The fraction of sp³-hybridized carbons (Fsp3) is 1.00. The molecule has 0 radical (unpaired) electrons. The van der Waals surface area contributed by atoms with Gasteiger partial charge >= 0.3 is 6.92 Å². The highest BCUT2D eigenvalue weighted by molar-refractivity contribution is 8.58. The predicted molar refractivity (Wildman–Crippen MR) is 53.9 cm³/mol. The molecule has 0 spiro atoms. The molecule has 11 heavy (non-hydrogen) atoms. The zero-order valence-corrected chi connectivity index (χ0v) is 9.00. The molecule has 0 saturated carbocycles. The number of rotatable bonds is 6. The third kappa shape index (κ3) is 10.7. The topological polar surface area (TPSA) is 40.5 Å². The van der Waals surface area contributed by atoms with Gasteiger partial charge in [0.25, 0.3) is 0 Å². The molecule has 0 bridgehead atoms. The Kier molecular flexibility index (Phi) is 6.64. The zero-order chi connectivity index (χ0) is 8.74. The van der Waals surface area contributed by atoms with Crippen LogP contribution in [-0.2, 0) is 0 Å². The number of hydrogen-bond donors (Lipinski definition) is 2.